The summed E-state index contributed by atoms with van der Waals surface area (Å²) in [4.78, 5) is 45.6. The van der Waals surface area contributed by atoms with Crippen molar-refractivity contribution in [1.29, 1.82) is 0 Å². The van der Waals surface area contributed by atoms with E-state index in [0.29, 0.717) is 17.1 Å². The highest BCUT2D eigenvalue weighted by Crippen LogP contribution is 2.29. The van der Waals surface area contributed by atoms with Crippen molar-refractivity contribution >= 4 is 23.3 Å². The molecule has 0 aliphatic carbocycles. The summed E-state index contributed by atoms with van der Waals surface area (Å²) >= 11 is 0. The molecule has 3 aromatic carbocycles. The zero-order valence-corrected chi connectivity index (χ0v) is 18.2. The Balaban J connectivity index is 1.88. The van der Waals surface area contributed by atoms with Crippen LogP contribution in [0.1, 0.15) is 41.5 Å². The molecular formula is C24H22N2O7. The fourth-order valence-electron chi connectivity index (χ4n) is 2.63. The van der Waals surface area contributed by atoms with E-state index in [1.54, 1.807) is 51.1 Å². The number of non-ortho nitro benzene ring substituents is 1. The molecule has 0 radical (unpaired) electrons. The van der Waals surface area contributed by atoms with Crippen molar-refractivity contribution < 1.29 is 29.0 Å². The van der Waals surface area contributed by atoms with Gasteiger partial charge >= 0.3 is 5.97 Å². The van der Waals surface area contributed by atoms with E-state index in [-0.39, 0.29) is 16.9 Å². The number of hydrogen-bond donors (Lipinski definition) is 1. The zero-order valence-electron chi connectivity index (χ0n) is 18.2. The van der Waals surface area contributed by atoms with E-state index in [9.17, 15) is 19.7 Å². The van der Waals surface area contributed by atoms with Crippen molar-refractivity contribution in [3.8, 4) is 11.5 Å². The first kappa shape index (κ1) is 23.4. The molecule has 3 aromatic rings. The molecule has 170 valence electrons. The van der Waals surface area contributed by atoms with Gasteiger partial charge in [0.1, 0.15) is 17.1 Å². The number of anilines is 1. The minimum Gasteiger partial charge on any atom is -0.457 e. The predicted molar refractivity (Wildman–Crippen MR) is 120 cm³/mol. The molecule has 1 N–H and O–H groups in total. The van der Waals surface area contributed by atoms with Crippen LogP contribution in [0.5, 0.6) is 11.5 Å². The third-order valence-corrected chi connectivity index (χ3v) is 4.15. The molecule has 0 unspecified atom stereocenters. The Morgan fingerprint density at radius 3 is 2.15 bits per heavy atom. The summed E-state index contributed by atoms with van der Waals surface area (Å²) in [6, 6.07) is 18.4. The van der Waals surface area contributed by atoms with Gasteiger partial charge in [0.05, 0.1) is 16.2 Å². The molecule has 0 aromatic heterocycles. The normalized spacial score (nSPS) is 10.9. The number of nitrogens with one attached hydrogen (secondary N) is 1. The second-order valence-electron chi connectivity index (χ2n) is 7.95. The summed E-state index contributed by atoms with van der Waals surface area (Å²) in [6.07, 6.45) is 0. The van der Waals surface area contributed by atoms with Crippen molar-refractivity contribution in [1.82, 2.24) is 0 Å². The lowest BCUT2D eigenvalue weighted by Crippen LogP contribution is -2.23. The largest absolute Gasteiger partial charge is 0.457 e. The highest BCUT2D eigenvalue weighted by Gasteiger charge is 2.21. The fraction of sp³-hybridized carbons (Fsp3) is 0.167. The molecule has 0 aliphatic heterocycles. The first-order chi connectivity index (χ1) is 15.6. The Bertz CT molecular complexity index is 1150. The van der Waals surface area contributed by atoms with Crippen LogP contribution in [-0.4, -0.2) is 22.4 Å². The number of carbonyl (C=O) groups is 2. The number of nitrogens with zero attached hydrogens (tertiary/aromatic N) is 1. The molecule has 9 nitrogen and oxygen atoms in total. The molecule has 33 heavy (non-hydrogen) atoms. The van der Waals surface area contributed by atoms with Crippen LogP contribution in [0.3, 0.4) is 0 Å². The van der Waals surface area contributed by atoms with E-state index < -0.39 is 22.4 Å². The smallest absolute Gasteiger partial charge is 0.375 e. The number of nitro benzene ring substituents is 1. The lowest BCUT2D eigenvalue weighted by atomic mass is 10.1. The van der Waals surface area contributed by atoms with E-state index in [0.717, 1.165) is 0 Å². The Hall–Kier alpha value is -4.24. The summed E-state index contributed by atoms with van der Waals surface area (Å²) in [5, 5.41) is 13.5. The second-order valence-corrected chi connectivity index (χ2v) is 7.95. The number of ether oxygens (including phenoxy) is 1. The number of nitro groups is 1. The van der Waals surface area contributed by atoms with Crippen LogP contribution >= 0.6 is 0 Å². The molecule has 3 rings (SSSR count). The Kier molecular flexibility index (Phi) is 7.04. The van der Waals surface area contributed by atoms with Gasteiger partial charge in [0.25, 0.3) is 11.6 Å². The van der Waals surface area contributed by atoms with Gasteiger partial charge in [0.2, 0.25) is 0 Å². The quantitative estimate of drug-likeness (QED) is 0.286. The first-order valence-corrected chi connectivity index (χ1v) is 9.95. The van der Waals surface area contributed by atoms with E-state index in [2.05, 4.69) is 5.32 Å². The third kappa shape index (κ3) is 6.62. The molecule has 0 aliphatic rings. The van der Waals surface area contributed by atoms with Crippen molar-refractivity contribution in [2.45, 2.75) is 26.4 Å². The third-order valence-electron chi connectivity index (χ3n) is 4.15. The number of benzene rings is 3. The zero-order chi connectivity index (χ0) is 24.0. The maximum atomic E-state index is 12.7. The lowest BCUT2D eigenvalue weighted by Gasteiger charge is -2.18. The van der Waals surface area contributed by atoms with Crippen molar-refractivity contribution in [2.24, 2.45) is 0 Å². The van der Waals surface area contributed by atoms with Gasteiger partial charge in [-0.25, -0.2) is 4.79 Å². The molecule has 0 atom stereocenters. The fourth-order valence-corrected chi connectivity index (χ4v) is 2.63. The van der Waals surface area contributed by atoms with Crippen LogP contribution in [0.15, 0.2) is 72.8 Å². The molecule has 0 saturated heterocycles. The first-order valence-electron chi connectivity index (χ1n) is 9.95. The van der Waals surface area contributed by atoms with E-state index >= 15 is 0 Å². The molecule has 0 fully saturated rings. The summed E-state index contributed by atoms with van der Waals surface area (Å²) in [5.41, 5.74) is -0.202. The van der Waals surface area contributed by atoms with Crippen LogP contribution in [-0.2, 0) is 9.78 Å². The highest BCUT2D eigenvalue weighted by atomic mass is 17.2. The molecule has 0 heterocycles. The van der Waals surface area contributed by atoms with Gasteiger partial charge in [-0.15, -0.1) is 0 Å². The van der Waals surface area contributed by atoms with Gasteiger partial charge in [-0.05, 0) is 57.2 Å². The number of carbonyl (C=O) groups excluding carboxylic acids is 2. The summed E-state index contributed by atoms with van der Waals surface area (Å²) in [7, 11) is 0. The highest BCUT2D eigenvalue weighted by molar-refractivity contribution is 6.08. The number of amides is 1. The SMILES string of the molecule is CC(C)(C)OOC(=O)c1ccc(Oc2ccc([N+](=O)[O-])cc2)cc1NC(=O)c1ccccc1. The van der Waals surface area contributed by atoms with Gasteiger partial charge in [0.15, 0.2) is 0 Å². The summed E-state index contributed by atoms with van der Waals surface area (Å²) in [5.74, 6) is -0.600. The van der Waals surface area contributed by atoms with E-state index in [1.165, 1.54) is 42.5 Å². The average Bonchev–Trinajstić information content (AvgIpc) is 2.78. The van der Waals surface area contributed by atoms with Crippen LogP contribution < -0.4 is 10.1 Å². The van der Waals surface area contributed by atoms with Crippen molar-refractivity contribution in [3.63, 3.8) is 0 Å². The lowest BCUT2D eigenvalue weighted by molar-refractivity contribution is -0.384. The minimum absolute atomic E-state index is 0.0552. The monoisotopic (exact) mass is 450 g/mol. The Labute approximate surface area is 190 Å². The maximum absolute atomic E-state index is 12.7. The van der Waals surface area contributed by atoms with Crippen LogP contribution in [0.4, 0.5) is 11.4 Å². The van der Waals surface area contributed by atoms with Gasteiger partial charge < -0.3 is 10.1 Å². The van der Waals surface area contributed by atoms with Gasteiger partial charge in [-0.3, -0.25) is 19.8 Å². The predicted octanol–water partition coefficient (Wildman–Crippen LogP) is 5.53. The molecular weight excluding hydrogens is 428 g/mol. The molecule has 0 saturated carbocycles. The summed E-state index contributed by atoms with van der Waals surface area (Å²) in [6.45, 7) is 5.17. The Morgan fingerprint density at radius 1 is 0.909 bits per heavy atom. The van der Waals surface area contributed by atoms with Gasteiger partial charge in [-0.1, -0.05) is 18.2 Å². The standard InChI is InChI=1S/C24H22N2O7/c1-24(2,3)33-32-23(28)20-14-13-19(31-18-11-9-17(10-12-18)26(29)30)15-21(20)25-22(27)16-7-5-4-6-8-16/h4-15H,1-3H3,(H,25,27). The van der Waals surface area contributed by atoms with E-state index in [1.807, 2.05) is 0 Å². The molecule has 9 heteroatoms. The van der Waals surface area contributed by atoms with Crippen LogP contribution in [0.2, 0.25) is 0 Å². The summed E-state index contributed by atoms with van der Waals surface area (Å²) < 4.78 is 5.73. The van der Waals surface area contributed by atoms with Gasteiger partial charge in [-0.2, -0.15) is 4.89 Å². The number of hydrogen-bond acceptors (Lipinski definition) is 7. The van der Waals surface area contributed by atoms with Crippen molar-refractivity contribution in [2.75, 3.05) is 5.32 Å². The molecule has 0 spiro atoms. The number of rotatable bonds is 7. The van der Waals surface area contributed by atoms with Crippen molar-refractivity contribution in [3.05, 3.63) is 94.0 Å². The van der Waals surface area contributed by atoms with Crippen LogP contribution in [0, 0.1) is 10.1 Å². The maximum Gasteiger partial charge on any atom is 0.375 e. The molecule has 1 amide bonds. The Morgan fingerprint density at radius 2 is 1.55 bits per heavy atom. The minimum atomic E-state index is -0.796. The second kappa shape index (κ2) is 9.92. The van der Waals surface area contributed by atoms with E-state index in [4.69, 9.17) is 14.5 Å². The molecule has 0 bridgehead atoms. The average molecular weight is 450 g/mol. The van der Waals surface area contributed by atoms with Gasteiger partial charge in [0, 0.05) is 23.8 Å². The topological polar surface area (TPSA) is 117 Å². The van der Waals surface area contributed by atoms with Crippen LogP contribution in [0.25, 0.3) is 0 Å².